The van der Waals surface area contributed by atoms with Crippen LogP contribution in [0.15, 0.2) is 72.9 Å². The van der Waals surface area contributed by atoms with Gasteiger partial charge < -0.3 is 15.5 Å². The Hall–Kier alpha value is -2.17. The van der Waals surface area contributed by atoms with E-state index in [2.05, 4.69) is 79.9 Å². The molecule has 4 heteroatoms. The number of rotatable bonds is 34. The minimum Gasteiger partial charge on any atom is -0.394 e. The van der Waals surface area contributed by atoms with E-state index in [0.717, 1.165) is 57.8 Å². The summed E-state index contributed by atoms with van der Waals surface area (Å²) in [5, 5.41) is 22.8. The minimum atomic E-state index is -0.863. The fourth-order valence-electron chi connectivity index (χ4n) is 5.42. The van der Waals surface area contributed by atoms with Crippen LogP contribution in [0.4, 0.5) is 0 Å². The van der Waals surface area contributed by atoms with Gasteiger partial charge in [-0.05, 0) is 70.6 Å². The zero-order valence-electron chi connectivity index (χ0n) is 30.8. The second-order valence-corrected chi connectivity index (χ2v) is 13.0. The van der Waals surface area contributed by atoms with Crippen LogP contribution < -0.4 is 5.32 Å². The summed E-state index contributed by atoms with van der Waals surface area (Å²) < 4.78 is 0. The highest BCUT2D eigenvalue weighted by atomic mass is 16.3. The first-order valence-electron chi connectivity index (χ1n) is 19.7. The van der Waals surface area contributed by atoms with Crippen molar-refractivity contribution in [3.63, 3.8) is 0 Å². The molecular weight excluding hydrogens is 578 g/mol. The van der Waals surface area contributed by atoms with Gasteiger partial charge in [-0.3, -0.25) is 4.79 Å². The summed E-state index contributed by atoms with van der Waals surface area (Å²) >= 11 is 0. The van der Waals surface area contributed by atoms with Crippen molar-refractivity contribution in [1.29, 1.82) is 0 Å². The van der Waals surface area contributed by atoms with Gasteiger partial charge in [-0.15, -0.1) is 0 Å². The summed E-state index contributed by atoms with van der Waals surface area (Å²) in [6.07, 6.45) is 54.3. The molecule has 0 aliphatic heterocycles. The lowest BCUT2D eigenvalue weighted by Gasteiger charge is -2.19. The van der Waals surface area contributed by atoms with Crippen LogP contribution in [0.2, 0.25) is 0 Å². The average molecular weight is 654 g/mol. The fourth-order valence-corrected chi connectivity index (χ4v) is 5.42. The molecule has 1 amide bonds. The number of hydrogen-bond acceptors (Lipinski definition) is 3. The Bertz CT molecular complexity index is 838. The Labute approximate surface area is 291 Å². The number of hydrogen-bond donors (Lipinski definition) is 3. The lowest BCUT2D eigenvalue weighted by atomic mass is 10.0. The standard InChI is InChI=1S/C43H75NO3/c1-3-5-7-9-11-13-15-16-17-18-19-20-21-22-23-24-25-26-27-28-29-31-33-35-37-39-43(47)44-41(40-45)42(46)38-36-34-32-30-14-12-10-8-6-4-2/h5,7,11,13-14,16-17,19-20,30,36,38,41-42,45-46H,3-4,6,8-10,12,15,18,21-29,31-35,37,39-40H2,1-2H3,(H,44,47)/b7-5-,13-11-,17-16-,20-19-,30-14+,38-36+. The number of aliphatic hydroxyl groups is 2. The third-order valence-electron chi connectivity index (χ3n) is 8.42. The molecule has 0 aromatic heterocycles. The van der Waals surface area contributed by atoms with Crippen molar-refractivity contribution in [3.8, 4) is 0 Å². The molecule has 0 fully saturated rings. The highest BCUT2D eigenvalue weighted by Gasteiger charge is 2.17. The van der Waals surface area contributed by atoms with Crippen LogP contribution in [0.25, 0.3) is 0 Å². The molecule has 0 saturated heterocycles. The Morgan fingerprint density at radius 3 is 1.49 bits per heavy atom. The van der Waals surface area contributed by atoms with Crippen LogP contribution in [0.3, 0.4) is 0 Å². The number of carbonyl (C=O) groups is 1. The van der Waals surface area contributed by atoms with E-state index in [1.54, 1.807) is 6.08 Å². The van der Waals surface area contributed by atoms with Crippen LogP contribution in [0.1, 0.15) is 174 Å². The molecule has 270 valence electrons. The molecule has 2 atom stereocenters. The number of nitrogens with one attached hydrogen (secondary N) is 1. The quantitative estimate of drug-likeness (QED) is 0.0478. The van der Waals surface area contributed by atoms with E-state index in [0.29, 0.717) is 6.42 Å². The average Bonchev–Trinajstić information content (AvgIpc) is 3.07. The van der Waals surface area contributed by atoms with Crippen molar-refractivity contribution in [3.05, 3.63) is 72.9 Å². The Morgan fingerprint density at radius 2 is 0.957 bits per heavy atom. The van der Waals surface area contributed by atoms with Crippen LogP contribution in [0.5, 0.6) is 0 Å². The van der Waals surface area contributed by atoms with Crippen LogP contribution in [-0.4, -0.2) is 34.9 Å². The summed E-state index contributed by atoms with van der Waals surface area (Å²) in [5.74, 6) is -0.0824. The topological polar surface area (TPSA) is 69.6 Å². The van der Waals surface area contributed by atoms with Crippen molar-refractivity contribution >= 4 is 5.91 Å². The van der Waals surface area contributed by atoms with E-state index in [1.807, 2.05) is 6.08 Å². The molecule has 0 radical (unpaired) electrons. The molecule has 0 aromatic carbocycles. The molecule has 0 saturated carbocycles. The van der Waals surface area contributed by atoms with Gasteiger partial charge >= 0.3 is 0 Å². The Kier molecular flexibility index (Phi) is 36.5. The molecule has 0 rings (SSSR count). The van der Waals surface area contributed by atoms with Gasteiger partial charge in [-0.25, -0.2) is 0 Å². The second kappa shape index (κ2) is 38.3. The molecule has 2 unspecified atom stereocenters. The summed E-state index contributed by atoms with van der Waals surface area (Å²) in [6.45, 7) is 4.13. The Morgan fingerprint density at radius 1 is 0.532 bits per heavy atom. The van der Waals surface area contributed by atoms with Crippen molar-refractivity contribution < 1.29 is 15.0 Å². The van der Waals surface area contributed by atoms with Gasteiger partial charge in [0.25, 0.3) is 0 Å². The molecular formula is C43H75NO3. The van der Waals surface area contributed by atoms with Gasteiger partial charge in [-0.2, -0.15) is 0 Å². The smallest absolute Gasteiger partial charge is 0.220 e. The van der Waals surface area contributed by atoms with Gasteiger partial charge in [0.05, 0.1) is 18.8 Å². The van der Waals surface area contributed by atoms with E-state index in [4.69, 9.17) is 0 Å². The van der Waals surface area contributed by atoms with Crippen molar-refractivity contribution in [2.24, 2.45) is 0 Å². The predicted molar refractivity (Wildman–Crippen MR) is 207 cm³/mol. The van der Waals surface area contributed by atoms with Gasteiger partial charge in [0.15, 0.2) is 0 Å². The second-order valence-electron chi connectivity index (χ2n) is 13.0. The molecule has 0 heterocycles. The zero-order chi connectivity index (χ0) is 34.3. The zero-order valence-corrected chi connectivity index (χ0v) is 30.8. The lowest BCUT2D eigenvalue weighted by Crippen LogP contribution is -2.45. The van der Waals surface area contributed by atoms with Crippen molar-refractivity contribution in [2.45, 2.75) is 187 Å². The third kappa shape index (κ3) is 35.0. The SMILES string of the molecule is CC/C=C\C/C=C\C/C=C\C/C=C\CCCCCCCCCCCCCCC(=O)NC(CO)C(O)/C=C/CC/C=C/CCCCCC. The number of aliphatic hydroxyl groups excluding tert-OH is 2. The monoisotopic (exact) mass is 654 g/mol. The summed E-state index contributed by atoms with van der Waals surface area (Å²) in [4.78, 5) is 12.3. The largest absolute Gasteiger partial charge is 0.394 e. The normalized spacial score (nSPS) is 13.9. The first-order chi connectivity index (χ1) is 23.2. The van der Waals surface area contributed by atoms with Crippen LogP contribution in [-0.2, 0) is 4.79 Å². The van der Waals surface area contributed by atoms with Gasteiger partial charge in [-0.1, -0.05) is 170 Å². The molecule has 4 nitrogen and oxygen atoms in total. The highest BCUT2D eigenvalue weighted by Crippen LogP contribution is 2.13. The number of allylic oxidation sites excluding steroid dienone is 11. The summed E-state index contributed by atoms with van der Waals surface area (Å²) in [5.41, 5.74) is 0. The highest BCUT2D eigenvalue weighted by molar-refractivity contribution is 5.76. The molecule has 3 N–H and O–H groups in total. The maximum atomic E-state index is 12.3. The number of carbonyl (C=O) groups excluding carboxylic acids is 1. The maximum Gasteiger partial charge on any atom is 0.220 e. The fraction of sp³-hybridized carbons (Fsp3) is 0.698. The first-order valence-corrected chi connectivity index (χ1v) is 19.7. The van der Waals surface area contributed by atoms with E-state index < -0.39 is 12.1 Å². The van der Waals surface area contributed by atoms with Gasteiger partial charge in [0, 0.05) is 6.42 Å². The molecule has 0 bridgehead atoms. The van der Waals surface area contributed by atoms with Gasteiger partial charge in [0.2, 0.25) is 5.91 Å². The predicted octanol–water partition coefficient (Wildman–Crippen LogP) is 12.0. The molecule has 0 spiro atoms. The Balaban J connectivity index is 3.59. The molecule has 0 aliphatic rings. The summed E-state index contributed by atoms with van der Waals surface area (Å²) in [6, 6.07) is -0.640. The van der Waals surface area contributed by atoms with E-state index >= 15 is 0 Å². The summed E-state index contributed by atoms with van der Waals surface area (Å²) in [7, 11) is 0. The van der Waals surface area contributed by atoms with E-state index in [-0.39, 0.29) is 12.5 Å². The minimum absolute atomic E-state index is 0.0824. The third-order valence-corrected chi connectivity index (χ3v) is 8.42. The molecule has 0 aliphatic carbocycles. The first kappa shape index (κ1) is 44.8. The van der Waals surface area contributed by atoms with Crippen LogP contribution in [0, 0.1) is 0 Å². The lowest BCUT2D eigenvalue weighted by molar-refractivity contribution is -0.123. The maximum absolute atomic E-state index is 12.3. The van der Waals surface area contributed by atoms with Crippen LogP contribution >= 0.6 is 0 Å². The molecule has 0 aromatic rings. The van der Waals surface area contributed by atoms with Crippen molar-refractivity contribution in [1.82, 2.24) is 5.32 Å². The van der Waals surface area contributed by atoms with Crippen molar-refractivity contribution in [2.75, 3.05) is 6.61 Å². The number of unbranched alkanes of at least 4 members (excludes halogenated alkanes) is 17. The number of amides is 1. The molecule has 47 heavy (non-hydrogen) atoms. The van der Waals surface area contributed by atoms with E-state index in [9.17, 15) is 15.0 Å². The van der Waals surface area contributed by atoms with Gasteiger partial charge in [0.1, 0.15) is 0 Å². The van der Waals surface area contributed by atoms with E-state index in [1.165, 1.54) is 96.3 Å².